The summed E-state index contributed by atoms with van der Waals surface area (Å²) < 4.78 is 5.29. The average molecular weight is 352 g/mol. The monoisotopic (exact) mass is 352 g/mol. The van der Waals surface area contributed by atoms with Gasteiger partial charge in [0, 0.05) is 11.3 Å². The molecular formula is C19H16N2O3S. The second kappa shape index (κ2) is 6.34. The Balaban J connectivity index is 1.57. The predicted molar refractivity (Wildman–Crippen MR) is 93.7 cm³/mol. The third-order valence-electron chi connectivity index (χ3n) is 4.70. The third kappa shape index (κ3) is 2.81. The maximum Gasteiger partial charge on any atom is 0.339 e. The van der Waals surface area contributed by atoms with Crippen molar-refractivity contribution in [3.63, 3.8) is 0 Å². The molecule has 4 rings (SSSR count). The van der Waals surface area contributed by atoms with Gasteiger partial charge in [0.05, 0.1) is 11.1 Å². The molecule has 1 amide bonds. The molecule has 0 saturated heterocycles. The van der Waals surface area contributed by atoms with Crippen molar-refractivity contribution >= 4 is 28.2 Å². The zero-order valence-corrected chi connectivity index (χ0v) is 14.3. The van der Waals surface area contributed by atoms with E-state index in [1.54, 1.807) is 12.1 Å². The number of benzene rings is 1. The summed E-state index contributed by atoms with van der Waals surface area (Å²) in [5.41, 5.74) is 2.95. The molecule has 0 fully saturated rings. The zero-order chi connectivity index (χ0) is 17.4. The quantitative estimate of drug-likeness (QED) is 0.842. The van der Waals surface area contributed by atoms with Crippen molar-refractivity contribution in [2.75, 3.05) is 5.32 Å². The Bertz CT molecular complexity index is 910. The molecule has 126 valence electrons. The fourth-order valence-corrected chi connectivity index (χ4v) is 4.69. The SMILES string of the molecule is N#Cc1c(NC(=O)C2Cc3ccccc3C(=O)O2)sc2c1CCCC2. The molecule has 2 aliphatic rings. The molecule has 6 heteroatoms. The van der Waals surface area contributed by atoms with Gasteiger partial charge in [-0.1, -0.05) is 18.2 Å². The molecule has 0 saturated carbocycles. The summed E-state index contributed by atoms with van der Waals surface area (Å²) in [5.74, 6) is -0.856. The summed E-state index contributed by atoms with van der Waals surface area (Å²) in [5, 5.41) is 12.9. The normalized spacial score (nSPS) is 18.5. The summed E-state index contributed by atoms with van der Waals surface area (Å²) in [6.45, 7) is 0. The number of cyclic esters (lactones) is 1. The Morgan fingerprint density at radius 2 is 2.08 bits per heavy atom. The number of thiophene rings is 1. The number of carbonyl (C=O) groups is 2. The van der Waals surface area contributed by atoms with E-state index in [9.17, 15) is 14.9 Å². The van der Waals surface area contributed by atoms with E-state index < -0.39 is 12.1 Å². The minimum atomic E-state index is -0.868. The summed E-state index contributed by atoms with van der Waals surface area (Å²) in [7, 11) is 0. The molecule has 1 N–H and O–H groups in total. The van der Waals surface area contributed by atoms with E-state index in [1.165, 1.54) is 16.2 Å². The van der Waals surface area contributed by atoms with Crippen LogP contribution in [0.15, 0.2) is 24.3 Å². The third-order valence-corrected chi connectivity index (χ3v) is 5.91. The van der Waals surface area contributed by atoms with Crippen LogP contribution in [0, 0.1) is 11.3 Å². The maximum absolute atomic E-state index is 12.6. The molecular weight excluding hydrogens is 336 g/mol. The molecule has 0 bridgehead atoms. The van der Waals surface area contributed by atoms with E-state index in [4.69, 9.17) is 4.74 Å². The topological polar surface area (TPSA) is 79.2 Å². The Labute approximate surface area is 149 Å². The van der Waals surface area contributed by atoms with Gasteiger partial charge in [-0.3, -0.25) is 4.79 Å². The Morgan fingerprint density at radius 1 is 1.28 bits per heavy atom. The second-order valence-electron chi connectivity index (χ2n) is 6.27. The Kier molecular flexibility index (Phi) is 4.02. The van der Waals surface area contributed by atoms with E-state index in [1.807, 2.05) is 12.1 Å². The molecule has 0 spiro atoms. The molecule has 1 aromatic heterocycles. The molecule has 5 nitrogen and oxygen atoms in total. The number of nitrogens with zero attached hydrogens (tertiary/aromatic N) is 1. The predicted octanol–water partition coefficient (Wildman–Crippen LogP) is 3.22. The summed E-state index contributed by atoms with van der Waals surface area (Å²) >= 11 is 1.47. The van der Waals surface area contributed by atoms with Crippen molar-refractivity contribution in [1.29, 1.82) is 5.26 Å². The fraction of sp³-hybridized carbons (Fsp3) is 0.316. The summed E-state index contributed by atoms with van der Waals surface area (Å²) in [6, 6.07) is 9.37. The highest BCUT2D eigenvalue weighted by atomic mass is 32.1. The second-order valence-corrected chi connectivity index (χ2v) is 7.38. The smallest absolute Gasteiger partial charge is 0.339 e. The number of aryl methyl sites for hydroxylation is 1. The number of fused-ring (bicyclic) bond motifs is 2. The van der Waals surface area contributed by atoms with Crippen molar-refractivity contribution in [1.82, 2.24) is 0 Å². The highest BCUT2D eigenvalue weighted by Gasteiger charge is 2.32. The van der Waals surface area contributed by atoms with Gasteiger partial charge in [0.1, 0.15) is 11.1 Å². The van der Waals surface area contributed by atoms with Crippen molar-refractivity contribution in [3.8, 4) is 6.07 Å². The van der Waals surface area contributed by atoms with Crippen LogP contribution in [0.2, 0.25) is 0 Å². The van der Waals surface area contributed by atoms with Crippen LogP contribution in [-0.4, -0.2) is 18.0 Å². The molecule has 1 aliphatic heterocycles. The number of anilines is 1. The lowest BCUT2D eigenvalue weighted by Gasteiger charge is -2.23. The van der Waals surface area contributed by atoms with Gasteiger partial charge in [0.15, 0.2) is 6.10 Å². The van der Waals surface area contributed by atoms with E-state index in [0.29, 0.717) is 22.5 Å². The number of nitriles is 1. The molecule has 2 heterocycles. The lowest BCUT2D eigenvalue weighted by Crippen LogP contribution is -2.37. The van der Waals surface area contributed by atoms with Crippen LogP contribution in [0.4, 0.5) is 5.00 Å². The summed E-state index contributed by atoms with van der Waals surface area (Å²) in [4.78, 5) is 25.9. The van der Waals surface area contributed by atoms with Crippen molar-refractivity contribution < 1.29 is 14.3 Å². The minimum Gasteiger partial charge on any atom is -0.448 e. The Morgan fingerprint density at radius 3 is 2.92 bits per heavy atom. The first-order valence-electron chi connectivity index (χ1n) is 8.31. The van der Waals surface area contributed by atoms with Gasteiger partial charge in [-0.05, 0) is 42.9 Å². The van der Waals surface area contributed by atoms with Crippen LogP contribution >= 0.6 is 11.3 Å². The van der Waals surface area contributed by atoms with E-state index in [2.05, 4.69) is 11.4 Å². The van der Waals surface area contributed by atoms with Gasteiger partial charge in [-0.25, -0.2) is 4.79 Å². The van der Waals surface area contributed by atoms with Crippen molar-refractivity contribution in [2.45, 2.75) is 38.2 Å². The highest BCUT2D eigenvalue weighted by molar-refractivity contribution is 7.16. The molecule has 2 aromatic rings. The number of carbonyl (C=O) groups excluding carboxylic acids is 2. The van der Waals surface area contributed by atoms with Gasteiger partial charge < -0.3 is 10.1 Å². The van der Waals surface area contributed by atoms with Crippen LogP contribution < -0.4 is 5.32 Å². The van der Waals surface area contributed by atoms with Crippen LogP contribution in [-0.2, 0) is 28.8 Å². The van der Waals surface area contributed by atoms with Crippen molar-refractivity contribution in [2.24, 2.45) is 0 Å². The van der Waals surface area contributed by atoms with Gasteiger partial charge in [-0.2, -0.15) is 5.26 Å². The standard InChI is InChI=1S/C19H16N2O3S/c20-10-14-13-7-3-4-8-16(13)25-18(14)21-17(22)15-9-11-5-1-2-6-12(11)19(23)24-15/h1-2,5-6,15H,3-4,7-9H2,(H,21,22). The largest absolute Gasteiger partial charge is 0.448 e. The molecule has 0 radical (unpaired) electrons. The number of esters is 1. The molecule has 1 aromatic carbocycles. The maximum atomic E-state index is 12.6. The number of rotatable bonds is 2. The fourth-order valence-electron chi connectivity index (χ4n) is 3.44. The van der Waals surface area contributed by atoms with E-state index in [-0.39, 0.29) is 5.91 Å². The molecule has 25 heavy (non-hydrogen) atoms. The van der Waals surface area contributed by atoms with Crippen LogP contribution in [0.3, 0.4) is 0 Å². The lowest BCUT2D eigenvalue weighted by atomic mass is 9.96. The van der Waals surface area contributed by atoms with Gasteiger partial charge in [0.2, 0.25) is 0 Å². The molecule has 1 atom stereocenters. The number of hydrogen-bond donors (Lipinski definition) is 1. The minimum absolute atomic E-state index is 0.348. The highest BCUT2D eigenvalue weighted by Crippen LogP contribution is 2.37. The lowest BCUT2D eigenvalue weighted by molar-refractivity contribution is -0.125. The van der Waals surface area contributed by atoms with Crippen LogP contribution in [0.1, 0.15) is 44.8 Å². The van der Waals surface area contributed by atoms with Crippen LogP contribution in [0.25, 0.3) is 0 Å². The average Bonchev–Trinajstić information content (AvgIpc) is 2.98. The van der Waals surface area contributed by atoms with Crippen LogP contribution in [0.5, 0.6) is 0 Å². The zero-order valence-electron chi connectivity index (χ0n) is 13.5. The van der Waals surface area contributed by atoms with Gasteiger partial charge >= 0.3 is 5.97 Å². The number of hydrogen-bond acceptors (Lipinski definition) is 5. The first-order valence-corrected chi connectivity index (χ1v) is 9.13. The first-order chi connectivity index (χ1) is 12.2. The number of nitrogens with one attached hydrogen (secondary N) is 1. The van der Waals surface area contributed by atoms with Crippen molar-refractivity contribution in [3.05, 3.63) is 51.4 Å². The van der Waals surface area contributed by atoms with Gasteiger partial charge in [0.25, 0.3) is 5.91 Å². The molecule has 1 unspecified atom stereocenters. The van der Waals surface area contributed by atoms with Gasteiger partial charge in [-0.15, -0.1) is 11.3 Å². The molecule has 1 aliphatic carbocycles. The van der Waals surface area contributed by atoms with E-state index in [0.717, 1.165) is 36.8 Å². The first kappa shape index (κ1) is 15.9. The number of amides is 1. The van der Waals surface area contributed by atoms with E-state index >= 15 is 0 Å². The summed E-state index contributed by atoms with van der Waals surface area (Å²) in [6.07, 6.45) is 3.51. The number of ether oxygens (including phenoxy) is 1. The Hall–Kier alpha value is -2.65.